The van der Waals surface area contributed by atoms with Gasteiger partial charge in [0.1, 0.15) is 6.61 Å². The van der Waals surface area contributed by atoms with Crippen LogP contribution in [-0.2, 0) is 16.1 Å². The summed E-state index contributed by atoms with van der Waals surface area (Å²) >= 11 is 0. The first-order valence-corrected chi connectivity index (χ1v) is 7.37. The van der Waals surface area contributed by atoms with Gasteiger partial charge in [0, 0.05) is 6.61 Å². The zero-order valence-electron chi connectivity index (χ0n) is 13.0. The minimum absolute atomic E-state index is 0.0218. The molecule has 0 amide bonds. The van der Waals surface area contributed by atoms with Gasteiger partial charge in [-0.2, -0.15) is 0 Å². The summed E-state index contributed by atoms with van der Waals surface area (Å²) in [6.45, 7) is 4.87. The molecule has 0 atom stereocenters. The van der Waals surface area contributed by atoms with Gasteiger partial charge < -0.3 is 24.1 Å². The van der Waals surface area contributed by atoms with Crippen LogP contribution in [0.1, 0.15) is 25.3 Å². The van der Waals surface area contributed by atoms with E-state index in [1.807, 2.05) is 18.2 Å². The molecule has 0 aliphatic heterocycles. The summed E-state index contributed by atoms with van der Waals surface area (Å²) in [5.41, 5.74) is 1.01. The second-order valence-corrected chi connectivity index (χ2v) is 4.58. The number of ether oxygens (including phenoxy) is 4. The first-order chi connectivity index (χ1) is 10.3. The second-order valence-electron chi connectivity index (χ2n) is 4.58. The Hall–Kier alpha value is -1.30. The molecule has 0 aliphatic carbocycles. The standard InChI is InChI=1S/C16H26O5/c1-3-4-8-19-10-11-20-13-14-5-6-15(21-9-7-17)16(12-14)18-2/h5-6,12,17H,3-4,7-11,13H2,1-2H3. The van der Waals surface area contributed by atoms with Crippen LogP contribution >= 0.6 is 0 Å². The van der Waals surface area contributed by atoms with Crippen LogP contribution in [0, 0.1) is 0 Å². The minimum atomic E-state index is -0.0218. The maximum atomic E-state index is 8.77. The Bertz CT molecular complexity index is 381. The van der Waals surface area contributed by atoms with Crippen LogP contribution in [0.4, 0.5) is 0 Å². The predicted molar refractivity (Wildman–Crippen MR) is 81.0 cm³/mol. The van der Waals surface area contributed by atoms with Gasteiger partial charge in [0.15, 0.2) is 11.5 Å². The number of hydrogen-bond acceptors (Lipinski definition) is 5. The molecule has 0 fully saturated rings. The second kappa shape index (κ2) is 11.4. The zero-order valence-corrected chi connectivity index (χ0v) is 13.0. The zero-order chi connectivity index (χ0) is 15.3. The molecular weight excluding hydrogens is 272 g/mol. The third-order valence-electron chi connectivity index (χ3n) is 2.86. The molecule has 0 saturated heterocycles. The molecular formula is C16H26O5. The Balaban J connectivity index is 2.31. The first kappa shape index (κ1) is 17.8. The first-order valence-electron chi connectivity index (χ1n) is 7.37. The van der Waals surface area contributed by atoms with E-state index in [-0.39, 0.29) is 13.2 Å². The van der Waals surface area contributed by atoms with E-state index in [1.54, 1.807) is 7.11 Å². The summed E-state index contributed by atoms with van der Waals surface area (Å²) in [4.78, 5) is 0. The molecule has 0 heterocycles. The summed E-state index contributed by atoms with van der Waals surface area (Å²) in [6, 6.07) is 5.63. The molecule has 5 heteroatoms. The Labute approximate surface area is 126 Å². The van der Waals surface area contributed by atoms with E-state index in [9.17, 15) is 0 Å². The van der Waals surface area contributed by atoms with Crippen molar-refractivity contribution in [3.05, 3.63) is 23.8 Å². The number of aliphatic hydroxyl groups is 1. The molecule has 0 bridgehead atoms. The number of unbranched alkanes of at least 4 members (excludes halogenated alkanes) is 1. The van der Waals surface area contributed by atoms with Gasteiger partial charge in [-0.15, -0.1) is 0 Å². The highest BCUT2D eigenvalue weighted by atomic mass is 16.5. The van der Waals surface area contributed by atoms with Gasteiger partial charge >= 0.3 is 0 Å². The monoisotopic (exact) mass is 298 g/mol. The summed E-state index contributed by atoms with van der Waals surface area (Å²) in [6.07, 6.45) is 2.23. The molecule has 21 heavy (non-hydrogen) atoms. The van der Waals surface area contributed by atoms with Crippen LogP contribution in [0.3, 0.4) is 0 Å². The van der Waals surface area contributed by atoms with Gasteiger partial charge in [-0.3, -0.25) is 0 Å². The molecule has 0 aromatic heterocycles. The van der Waals surface area contributed by atoms with Crippen LogP contribution in [0.15, 0.2) is 18.2 Å². The molecule has 0 aliphatic rings. The van der Waals surface area contributed by atoms with Crippen molar-refractivity contribution < 1.29 is 24.1 Å². The SMILES string of the molecule is CCCCOCCOCc1ccc(OCCO)c(OC)c1. The van der Waals surface area contributed by atoms with Crippen molar-refractivity contribution in [3.8, 4) is 11.5 Å². The lowest BCUT2D eigenvalue weighted by Gasteiger charge is -2.12. The van der Waals surface area contributed by atoms with Crippen molar-refractivity contribution in [2.45, 2.75) is 26.4 Å². The quantitative estimate of drug-likeness (QED) is 0.601. The van der Waals surface area contributed by atoms with Crippen LogP contribution in [0.25, 0.3) is 0 Å². The molecule has 1 aromatic carbocycles. The summed E-state index contributed by atoms with van der Waals surface area (Å²) in [5, 5.41) is 8.77. The molecule has 1 aromatic rings. The fourth-order valence-electron chi connectivity index (χ4n) is 1.73. The highest BCUT2D eigenvalue weighted by Gasteiger charge is 2.05. The summed E-state index contributed by atoms with van der Waals surface area (Å²) in [5.74, 6) is 1.27. The number of aliphatic hydroxyl groups excluding tert-OH is 1. The largest absolute Gasteiger partial charge is 0.493 e. The van der Waals surface area contributed by atoms with Crippen molar-refractivity contribution in [2.24, 2.45) is 0 Å². The van der Waals surface area contributed by atoms with Crippen molar-refractivity contribution in [1.82, 2.24) is 0 Å². The third-order valence-corrected chi connectivity index (χ3v) is 2.86. The molecule has 1 rings (SSSR count). The highest BCUT2D eigenvalue weighted by molar-refractivity contribution is 5.42. The molecule has 5 nitrogen and oxygen atoms in total. The van der Waals surface area contributed by atoms with Crippen molar-refractivity contribution >= 4 is 0 Å². The van der Waals surface area contributed by atoms with E-state index < -0.39 is 0 Å². The predicted octanol–water partition coefficient (Wildman–Crippen LogP) is 2.40. The van der Waals surface area contributed by atoms with Crippen LogP contribution < -0.4 is 9.47 Å². The molecule has 120 valence electrons. The fraction of sp³-hybridized carbons (Fsp3) is 0.625. The van der Waals surface area contributed by atoms with Gasteiger partial charge in [0.2, 0.25) is 0 Å². The average molecular weight is 298 g/mol. The topological polar surface area (TPSA) is 57.2 Å². The van der Waals surface area contributed by atoms with Crippen molar-refractivity contribution in [2.75, 3.05) is 40.1 Å². The summed E-state index contributed by atoms with van der Waals surface area (Å²) in [7, 11) is 1.59. The van der Waals surface area contributed by atoms with E-state index in [0.717, 1.165) is 25.0 Å². The molecule has 0 unspecified atom stereocenters. The van der Waals surface area contributed by atoms with Crippen molar-refractivity contribution in [3.63, 3.8) is 0 Å². The van der Waals surface area contributed by atoms with Gasteiger partial charge in [-0.25, -0.2) is 0 Å². The normalized spacial score (nSPS) is 10.6. The maximum absolute atomic E-state index is 8.77. The van der Waals surface area contributed by atoms with Gasteiger partial charge in [0.25, 0.3) is 0 Å². The van der Waals surface area contributed by atoms with Crippen molar-refractivity contribution in [1.29, 1.82) is 0 Å². The maximum Gasteiger partial charge on any atom is 0.161 e. The lowest BCUT2D eigenvalue weighted by Crippen LogP contribution is -2.06. The molecule has 0 spiro atoms. The Morgan fingerprint density at radius 1 is 1.00 bits per heavy atom. The highest BCUT2D eigenvalue weighted by Crippen LogP contribution is 2.28. The van der Waals surface area contributed by atoms with E-state index in [1.165, 1.54) is 0 Å². The number of hydrogen-bond donors (Lipinski definition) is 1. The van der Waals surface area contributed by atoms with E-state index >= 15 is 0 Å². The van der Waals surface area contributed by atoms with Gasteiger partial charge in [0.05, 0.1) is 33.5 Å². The number of benzene rings is 1. The Kier molecular flexibility index (Phi) is 9.61. The fourth-order valence-corrected chi connectivity index (χ4v) is 1.73. The lowest BCUT2D eigenvalue weighted by atomic mass is 10.2. The van der Waals surface area contributed by atoms with Crippen LogP contribution in [0.2, 0.25) is 0 Å². The molecule has 0 radical (unpaired) electrons. The summed E-state index contributed by atoms with van der Waals surface area (Å²) < 4.78 is 21.6. The van der Waals surface area contributed by atoms with E-state index in [4.69, 9.17) is 24.1 Å². The van der Waals surface area contributed by atoms with E-state index in [0.29, 0.717) is 31.3 Å². The van der Waals surface area contributed by atoms with Gasteiger partial charge in [-0.1, -0.05) is 19.4 Å². The van der Waals surface area contributed by atoms with E-state index in [2.05, 4.69) is 6.92 Å². The van der Waals surface area contributed by atoms with Crippen LogP contribution in [0.5, 0.6) is 11.5 Å². The number of rotatable bonds is 12. The average Bonchev–Trinajstić information content (AvgIpc) is 2.52. The van der Waals surface area contributed by atoms with Crippen LogP contribution in [-0.4, -0.2) is 45.3 Å². The number of methoxy groups -OCH3 is 1. The van der Waals surface area contributed by atoms with Gasteiger partial charge in [-0.05, 0) is 24.1 Å². The lowest BCUT2D eigenvalue weighted by molar-refractivity contribution is 0.0396. The Morgan fingerprint density at radius 3 is 2.52 bits per heavy atom. The minimum Gasteiger partial charge on any atom is -0.493 e. The smallest absolute Gasteiger partial charge is 0.161 e. The molecule has 1 N–H and O–H groups in total. The third kappa shape index (κ3) is 7.32. The Morgan fingerprint density at radius 2 is 1.81 bits per heavy atom. The molecule has 0 saturated carbocycles.